The standard InChI is InChI=1S/C25H27BrN2O6/c1-3-33-24(32)18-19-23(31)28(13(2)12-29)21(25(19)11-17(26)20(18)34-25)22(30)27-16-9-8-14-6-4-5-7-15(14)10-16/h4-10,13,17-21,29H,3,11-12H2,1-2H3,(H,27,30)/t13-,17?,18-,19+,20-,21?,25?/m1/s1. The van der Waals surface area contributed by atoms with E-state index in [-0.39, 0.29) is 23.9 Å². The lowest BCUT2D eigenvalue weighted by Crippen LogP contribution is -2.56. The van der Waals surface area contributed by atoms with Crippen LogP contribution >= 0.6 is 15.9 Å². The van der Waals surface area contributed by atoms with E-state index < -0.39 is 47.5 Å². The molecule has 2 bridgehead atoms. The zero-order valence-electron chi connectivity index (χ0n) is 18.9. The average molecular weight is 531 g/mol. The van der Waals surface area contributed by atoms with Crippen LogP contribution in [-0.4, -0.2) is 69.6 Å². The number of anilines is 1. The lowest BCUT2D eigenvalue weighted by atomic mass is 9.70. The van der Waals surface area contributed by atoms with Gasteiger partial charge in [-0.2, -0.15) is 0 Å². The van der Waals surface area contributed by atoms with Gasteiger partial charge in [-0.3, -0.25) is 14.4 Å². The quantitative estimate of drug-likeness (QED) is 0.439. The van der Waals surface area contributed by atoms with Gasteiger partial charge in [0.15, 0.2) is 0 Å². The van der Waals surface area contributed by atoms with Crippen molar-refractivity contribution in [3.63, 3.8) is 0 Å². The molecule has 2 aromatic rings. The first-order chi connectivity index (χ1) is 16.3. The number of halogens is 1. The van der Waals surface area contributed by atoms with Crippen molar-refractivity contribution in [1.29, 1.82) is 0 Å². The van der Waals surface area contributed by atoms with E-state index in [1.165, 1.54) is 4.90 Å². The summed E-state index contributed by atoms with van der Waals surface area (Å²) in [5.41, 5.74) is -0.588. The summed E-state index contributed by atoms with van der Waals surface area (Å²) in [5, 5.41) is 14.9. The molecular formula is C25H27BrN2O6. The smallest absolute Gasteiger partial charge is 0.312 e. The fourth-order valence-corrected chi connectivity index (χ4v) is 6.86. The molecule has 3 heterocycles. The highest BCUT2D eigenvalue weighted by Crippen LogP contribution is 2.60. The van der Waals surface area contributed by atoms with Gasteiger partial charge in [0.05, 0.1) is 37.2 Å². The van der Waals surface area contributed by atoms with Gasteiger partial charge in [-0.05, 0) is 43.2 Å². The molecule has 3 saturated heterocycles. The number of esters is 1. The molecule has 34 heavy (non-hydrogen) atoms. The van der Waals surface area contributed by atoms with Crippen LogP contribution in [0.1, 0.15) is 20.3 Å². The zero-order chi connectivity index (χ0) is 24.2. The minimum atomic E-state index is -1.18. The van der Waals surface area contributed by atoms with Crippen LogP contribution in [0.5, 0.6) is 0 Å². The normalized spacial score (nSPS) is 32.6. The fourth-order valence-electron chi connectivity index (χ4n) is 5.91. The van der Waals surface area contributed by atoms with E-state index >= 15 is 0 Å². The molecule has 2 aromatic carbocycles. The van der Waals surface area contributed by atoms with Crippen LogP contribution in [0, 0.1) is 11.8 Å². The maximum absolute atomic E-state index is 13.8. The Bertz CT molecular complexity index is 1160. The number of carbonyl (C=O) groups is 3. The molecule has 0 aliphatic carbocycles. The van der Waals surface area contributed by atoms with Gasteiger partial charge in [0, 0.05) is 10.5 Å². The molecule has 2 N–H and O–H groups in total. The number of hydrogen-bond donors (Lipinski definition) is 2. The summed E-state index contributed by atoms with van der Waals surface area (Å²) < 4.78 is 11.6. The van der Waals surface area contributed by atoms with Crippen molar-refractivity contribution in [2.75, 3.05) is 18.5 Å². The van der Waals surface area contributed by atoms with E-state index in [0.29, 0.717) is 12.1 Å². The monoisotopic (exact) mass is 530 g/mol. The summed E-state index contributed by atoms with van der Waals surface area (Å²) >= 11 is 3.61. The number of hydrogen-bond acceptors (Lipinski definition) is 6. The summed E-state index contributed by atoms with van der Waals surface area (Å²) in [6.45, 7) is 3.26. The highest BCUT2D eigenvalue weighted by Gasteiger charge is 2.77. The van der Waals surface area contributed by atoms with Crippen molar-refractivity contribution >= 4 is 50.2 Å². The Hall–Kier alpha value is -2.49. The molecule has 3 unspecified atom stereocenters. The molecule has 9 heteroatoms. The molecule has 3 aliphatic heterocycles. The SMILES string of the molecule is CCOC(=O)[C@H]1[C@@H]2OC3(CC2Br)C(C(=O)Nc2ccc4ccccc4c2)N([C@H](C)CO)C(=O)[C@H]13. The van der Waals surface area contributed by atoms with Gasteiger partial charge in [-0.25, -0.2) is 0 Å². The number of nitrogens with one attached hydrogen (secondary N) is 1. The second kappa shape index (κ2) is 8.62. The van der Waals surface area contributed by atoms with Gasteiger partial charge >= 0.3 is 5.97 Å². The number of alkyl halides is 1. The van der Waals surface area contributed by atoms with Gasteiger partial charge in [-0.1, -0.05) is 46.3 Å². The van der Waals surface area contributed by atoms with Crippen LogP contribution in [0.15, 0.2) is 42.5 Å². The first-order valence-corrected chi connectivity index (χ1v) is 12.4. The summed E-state index contributed by atoms with van der Waals surface area (Å²) in [6.07, 6.45) is -0.162. The summed E-state index contributed by atoms with van der Waals surface area (Å²) in [5.74, 6) is -2.91. The zero-order valence-corrected chi connectivity index (χ0v) is 20.5. The molecule has 180 valence electrons. The highest BCUT2D eigenvalue weighted by molar-refractivity contribution is 9.09. The summed E-state index contributed by atoms with van der Waals surface area (Å²) in [4.78, 5) is 41.5. The van der Waals surface area contributed by atoms with Crippen molar-refractivity contribution < 1.29 is 29.0 Å². The van der Waals surface area contributed by atoms with Gasteiger partial charge in [0.2, 0.25) is 11.8 Å². The lowest BCUT2D eigenvalue weighted by molar-refractivity contribution is -0.155. The van der Waals surface area contributed by atoms with Crippen molar-refractivity contribution in [2.24, 2.45) is 11.8 Å². The molecule has 5 rings (SSSR count). The second-order valence-corrected chi connectivity index (χ2v) is 10.4. The minimum Gasteiger partial charge on any atom is -0.466 e. The van der Waals surface area contributed by atoms with Crippen LogP contribution in [0.25, 0.3) is 10.8 Å². The van der Waals surface area contributed by atoms with Gasteiger partial charge in [0.1, 0.15) is 11.6 Å². The predicted molar refractivity (Wildman–Crippen MR) is 128 cm³/mol. The Morgan fingerprint density at radius 1 is 1.29 bits per heavy atom. The van der Waals surface area contributed by atoms with Gasteiger partial charge in [0.25, 0.3) is 0 Å². The summed E-state index contributed by atoms with van der Waals surface area (Å²) in [7, 11) is 0. The molecular weight excluding hydrogens is 504 g/mol. The van der Waals surface area contributed by atoms with E-state index in [1.54, 1.807) is 13.8 Å². The number of likely N-dealkylation sites (tertiary alicyclic amines) is 1. The van der Waals surface area contributed by atoms with Gasteiger partial charge < -0.3 is 24.8 Å². The molecule has 1 spiro atoms. The van der Waals surface area contributed by atoms with Crippen molar-refractivity contribution in [1.82, 2.24) is 4.90 Å². The van der Waals surface area contributed by atoms with Crippen LogP contribution in [0.4, 0.5) is 5.69 Å². The van der Waals surface area contributed by atoms with Crippen LogP contribution in [-0.2, 0) is 23.9 Å². The number of aliphatic hydroxyl groups is 1. The number of nitrogens with zero attached hydrogens (tertiary/aromatic N) is 1. The van der Waals surface area contributed by atoms with Crippen molar-refractivity contribution in [3.8, 4) is 0 Å². The number of amides is 2. The Labute approximate surface area is 205 Å². The molecule has 2 amide bonds. The Kier molecular flexibility index (Phi) is 5.90. The average Bonchev–Trinajstić information content (AvgIpc) is 3.42. The van der Waals surface area contributed by atoms with Crippen LogP contribution < -0.4 is 5.32 Å². The van der Waals surface area contributed by atoms with Crippen LogP contribution in [0.3, 0.4) is 0 Å². The third kappa shape index (κ3) is 3.36. The number of aliphatic hydroxyl groups excluding tert-OH is 1. The maximum Gasteiger partial charge on any atom is 0.312 e. The Morgan fingerprint density at radius 3 is 2.74 bits per heavy atom. The molecule has 3 aliphatic rings. The summed E-state index contributed by atoms with van der Waals surface area (Å²) in [6, 6.07) is 11.8. The third-order valence-electron chi connectivity index (χ3n) is 7.29. The van der Waals surface area contributed by atoms with Gasteiger partial charge in [-0.15, -0.1) is 0 Å². The van der Waals surface area contributed by atoms with E-state index in [4.69, 9.17) is 9.47 Å². The molecule has 3 fully saturated rings. The second-order valence-electron chi connectivity index (χ2n) is 9.24. The highest BCUT2D eigenvalue weighted by atomic mass is 79.9. The minimum absolute atomic E-state index is 0.186. The lowest BCUT2D eigenvalue weighted by Gasteiger charge is -2.35. The predicted octanol–water partition coefficient (Wildman–Crippen LogP) is 2.47. The maximum atomic E-state index is 13.8. The van der Waals surface area contributed by atoms with E-state index in [2.05, 4.69) is 21.2 Å². The molecule has 8 nitrogen and oxygen atoms in total. The van der Waals surface area contributed by atoms with E-state index in [0.717, 1.165) is 10.8 Å². The number of carbonyl (C=O) groups excluding carboxylic acids is 3. The third-order valence-corrected chi connectivity index (χ3v) is 8.14. The largest absolute Gasteiger partial charge is 0.466 e. The van der Waals surface area contributed by atoms with E-state index in [9.17, 15) is 19.5 Å². The molecule has 0 radical (unpaired) electrons. The number of ether oxygens (including phenoxy) is 2. The molecule has 7 atom stereocenters. The fraction of sp³-hybridized carbons (Fsp3) is 0.480. The van der Waals surface area contributed by atoms with Crippen molar-refractivity contribution in [2.45, 2.75) is 48.9 Å². The van der Waals surface area contributed by atoms with Crippen molar-refractivity contribution in [3.05, 3.63) is 42.5 Å². The topological polar surface area (TPSA) is 105 Å². The number of rotatable bonds is 6. The van der Waals surface area contributed by atoms with E-state index in [1.807, 2.05) is 42.5 Å². The number of benzene rings is 2. The molecule has 0 aromatic heterocycles. The first kappa shape index (κ1) is 23.3. The van der Waals surface area contributed by atoms with Crippen LogP contribution in [0.2, 0.25) is 0 Å². The Morgan fingerprint density at radius 2 is 2.03 bits per heavy atom. The Balaban J connectivity index is 1.53. The first-order valence-electron chi connectivity index (χ1n) is 11.5. The molecule has 0 saturated carbocycles. The number of fused-ring (bicyclic) bond motifs is 2.